The van der Waals surface area contributed by atoms with Crippen LogP contribution in [0.15, 0.2) is 46.2 Å². The summed E-state index contributed by atoms with van der Waals surface area (Å²) in [6.07, 6.45) is 2.92. The third kappa shape index (κ3) is 7.27. The Kier molecular flexibility index (Phi) is 8.91. The Labute approximate surface area is 243 Å². The normalized spacial score (nSPS) is 12.0. The van der Waals surface area contributed by atoms with Gasteiger partial charge in [-0.2, -0.15) is 36.8 Å². The van der Waals surface area contributed by atoms with Crippen LogP contribution >= 0.6 is 0 Å². The van der Waals surface area contributed by atoms with Crippen molar-refractivity contribution in [3.63, 3.8) is 0 Å². The Balaban J connectivity index is 1.73. The number of aryl methyl sites for hydroxylation is 4. The Bertz CT molecular complexity index is 1720. The number of nitrogens with zero attached hydrogens (tertiary/aromatic N) is 6. The van der Waals surface area contributed by atoms with Gasteiger partial charge in [-0.1, -0.05) is 24.3 Å². The lowest BCUT2D eigenvalue weighted by atomic mass is 10.1. The molecule has 2 N–H and O–H groups in total. The van der Waals surface area contributed by atoms with Gasteiger partial charge in [-0.25, -0.2) is 9.97 Å². The molecule has 0 spiro atoms. The maximum atomic E-state index is 12.8. The monoisotopic (exact) mass is 612 g/mol. The van der Waals surface area contributed by atoms with E-state index in [1.807, 2.05) is 0 Å². The Morgan fingerprint density at radius 3 is 1.21 bits per heavy atom. The predicted octanol–water partition coefficient (Wildman–Crippen LogP) is 3.62. The van der Waals surface area contributed by atoms with E-state index >= 15 is 0 Å². The molecular weight excluding hydrogens is 584 g/mol. The molecule has 0 amide bonds. The van der Waals surface area contributed by atoms with Crippen LogP contribution in [0.1, 0.15) is 34.4 Å². The zero-order valence-electron chi connectivity index (χ0n) is 23.6. The minimum atomic E-state index is -4.17. The predicted molar refractivity (Wildman–Crippen MR) is 155 cm³/mol. The van der Waals surface area contributed by atoms with Crippen LogP contribution in [0.3, 0.4) is 0 Å². The second kappa shape index (κ2) is 12.2. The molecule has 0 fully saturated rings. The number of aromatic nitrogens is 6. The molecule has 0 unspecified atom stereocenters. The lowest BCUT2D eigenvalue weighted by Crippen LogP contribution is -2.08. The Morgan fingerprint density at radius 2 is 0.905 bits per heavy atom. The zero-order chi connectivity index (χ0) is 30.7. The summed E-state index contributed by atoms with van der Waals surface area (Å²) >= 11 is 0. The molecule has 0 radical (unpaired) electrons. The molecule has 0 aliphatic heterocycles. The molecule has 220 valence electrons. The van der Waals surface area contributed by atoms with Gasteiger partial charge in [0.05, 0.1) is 14.2 Å². The van der Waals surface area contributed by atoms with Gasteiger partial charge in [-0.15, -0.1) is 0 Å². The van der Waals surface area contributed by atoms with Crippen molar-refractivity contribution >= 4 is 55.7 Å². The zero-order valence-corrected chi connectivity index (χ0v) is 25.2. The highest BCUT2D eigenvalue weighted by Crippen LogP contribution is 2.29. The quantitative estimate of drug-likeness (QED) is 0.195. The van der Waals surface area contributed by atoms with E-state index in [4.69, 9.17) is 8.37 Å². The van der Waals surface area contributed by atoms with Gasteiger partial charge in [-0.05, 0) is 63.1 Å². The van der Waals surface area contributed by atoms with Gasteiger partial charge in [0.2, 0.25) is 11.9 Å². The maximum Gasteiger partial charge on any atom is 0.297 e. The smallest absolute Gasteiger partial charge is 0.297 e. The van der Waals surface area contributed by atoms with Crippen LogP contribution in [0, 0.1) is 27.7 Å². The van der Waals surface area contributed by atoms with Crippen LogP contribution in [0.4, 0.5) is 23.3 Å². The Hall–Kier alpha value is -4.38. The van der Waals surface area contributed by atoms with Gasteiger partial charge >= 0.3 is 0 Å². The molecule has 4 rings (SSSR count). The molecule has 0 aliphatic carbocycles. The summed E-state index contributed by atoms with van der Waals surface area (Å²) in [6, 6.07) is 9.06. The lowest BCUT2D eigenvalue weighted by Gasteiger charge is -2.12. The minimum Gasteiger partial charge on any atom is -0.324 e. The molecule has 0 atom stereocenters. The third-order valence-corrected chi connectivity index (χ3v) is 8.34. The molecule has 42 heavy (non-hydrogen) atoms. The van der Waals surface area contributed by atoms with Crippen molar-refractivity contribution in [3.8, 4) is 0 Å². The van der Waals surface area contributed by atoms with E-state index in [-0.39, 0.29) is 32.8 Å². The van der Waals surface area contributed by atoms with Crippen LogP contribution < -0.4 is 10.6 Å². The van der Waals surface area contributed by atoms with Crippen molar-refractivity contribution in [1.29, 1.82) is 0 Å². The van der Waals surface area contributed by atoms with Gasteiger partial charge in [0.1, 0.15) is 33.1 Å². The van der Waals surface area contributed by atoms with Gasteiger partial charge < -0.3 is 10.6 Å². The van der Waals surface area contributed by atoms with Crippen LogP contribution in [-0.2, 0) is 28.6 Å². The third-order valence-electron chi connectivity index (χ3n) is 5.68. The summed E-state index contributed by atoms with van der Waals surface area (Å²) in [6.45, 7) is 6.85. The summed E-state index contributed by atoms with van der Waals surface area (Å²) < 4.78 is 60.8. The summed E-state index contributed by atoms with van der Waals surface area (Å²) in [5.74, 6) is 2.47. The highest BCUT2D eigenvalue weighted by Gasteiger charge is 2.21. The molecule has 2 aromatic carbocycles. The molecule has 16 heteroatoms. The molecular formula is C26H28N8O6S2. The van der Waals surface area contributed by atoms with Crippen LogP contribution in [0.5, 0.6) is 0 Å². The Morgan fingerprint density at radius 1 is 0.571 bits per heavy atom. The van der Waals surface area contributed by atoms with Crippen molar-refractivity contribution in [2.75, 3.05) is 24.9 Å². The number of anilines is 4. The highest BCUT2D eigenvalue weighted by molar-refractivity contribution is 7.87. The van der Waals surface area contributed by atoms with Crippen LogP contribution in [-0.4, -0.2) is 61.0 Å². The van der Waals surface area contributed by atoms with Crippen molar-refractivity contribution in [2.45, 2.75) is 37.5 Å². The first-order chi connectivity index (χ1) is 19.8. The molecule has 4 aromatic rings. The van der Waals surface area contributed by atoms with E-state index in [9.17, 15) is 16.8 Å². The number of nitrogens with one attached hydrogen (secondary N) is 2. The molecule has 14 nitrogen and oxygen atoms in total. The summed E-state index contributed by atoms with van der Waals surface area (Å²) in [5.41, 5.74) is 1.25. The van der Waals surface area contributed by atoms with Gasteiger partial charge in [0, 0.05) is 11.4 Å². The van der Waals surface area contributed by atoms with Gasteiger partial charge in [0.25, 0.3) is 20.2 Å². The second-order valence-corrected chi connectivity index (χ2v) is 12.2. The molecule has 0 saturated carbocycles. The van der Waals surface area contributed by atoms with E-state index in [2.05, 4.69) is 40.5 Å². The summed E-state index contributed by atoms with van der Waals surface area (Å²) in [5, 5.41) is 5.94. The van der Waals surface area contributed by atoms with Crippen molar-refractivity contribution < 1.29 is 25.2 Å². The van der Waals surface area contributed by atoms with Gasteiger partial charge in [-0.3, -0.25) is 8.37 Å². The largest absolute Gasteiger partial charge is 0.324 e. The summed E-state index contributed by atoms with van der Waals surface area (Å²) in [4.78, 5) is 24.8. The van der Waals surface area contributed by atoms with Crippen molar-refractivity contribution in [2.24, 2.45) is 0 Å². The average Bonchev–Trinajstić information content (AvgIpc) is 2.91. The van der Waals surface area contributed by atoms with Crippen molar-refractivity contribution in [1.82, 2.24) is 29.9 Å². The first-order valence-corrected chi connectivity index (χ1v) is 15.1. The van der Waals surface area contributed by atoms with Crippen LogP contribution in [0.25, 0.3) is 12.2 Å². The number of benzene rings is 2. The minimum absolute atomic E-state index is 0.163. The second-order valence-electron chi connectivity index (χ2n) is 8.84. The molecule has 2 aromatic heterocycles. The number of hydrogen-bond acceptors (Lipinski definition) is 14. The number of hydrogen-bond donors (Lipinski definition) is 2. The topological polar surface area (TPSA) is 188 Å². The van der Waals surface area contributed by atoms with E-state index in [1.165, 1.54) is 36.4 Å². The van der Waals surface area contributed by atoms with E-state index < -0.39 is 20.2 Å². The molecule has 0 bridgehead atoms. The van der Waals surface area contributed by atoms with Gasteiger partial charge in [0.15, 0.2) is 0 Å². The first kappa shape index (κ1) is 30.6. The molecule has 2 heterocycles. The van der Waals surface area contributed by atoms with E-state index in [1.54, 1.807) is 39.8 Å². The fourth-order valence-corrected chi connectivity index (χ4v) is 5.64. The standard InChI is InChI=1S/C26H28N8O6S2/c1-15-27-16(2)30-25(29-15)33-21-11-9-19(23(13-21)41(35,36)39-5)7-8-20-10-12-22(14-24(20)42(37,38)40-6)34-26-31-17(3)28-18(4)32-26/h7-14H,1-6H3,(H,27,29,30,33)(H,28,31,32,34)/b8-7+. The fourth-order valence-electron chi connectivity index (χ4n) is 3.89. The highest BCUT2D eigenvalue weighted by atomic mass is 32.2. The SMILES string of the molecule is COS(=O)(=O)c1cc(Nc2nc(C)nc(C)n2)ccc1/C=C/c1ccc(Nc2nc(C)nc(C)n2)cc1S(=O)(=O)OC. The molecule has 0 saturated heterocycles. The van der Waals surface area contributed by atoms with Crippen molar-refractivity contribution in [3.05, 3.63) is 70.8 Å². The number of rotatable bonds is 10. The average molecular weight is 613 g/mol. The maximum absolute atomic E-state index is 12.8. The fraction of sp³-hybridized carbons (Fsp3) is 0.231. The first-order valence-electron chi connectivity index (χ1n) is 12.3. The van der Waals surface area contributed by atoms with E-state index in [0.29, 0.717) is 34.7 Å². The van der Waals surface area contributed by atoms with E-state index in [0.717, 1.165) is 14.2 Å². The lowest BCUT2D eigenvalue weighted by molar-refractivity contribution is 0.396. The van der Waals surface area contributed by atoms with Crippen LogP contribution in [0.2, 0.25) is 0 Å². The summed E-state index contributed by atoms with van der Waals surface area (Å²) in [7, 11) is -6.25. The molecule has 0 aliphatic rings.